The fourth-order valence-electron chi connectivity index (χ4n) is 3.67. The van der Waals surface area contributed by atoms with Gasteiger partial charge in [0.05, 0.1) is 24.4 Å². The monoisotopic (exact) mass is 384 g/mol. The Labute approximate surface area is 171 Å². The van der Waals surface area contributed by atoms with Gasteiger partial charge in [0.25, 0.3) is 0 Å². The van der Waals surface area contributed by atoms with Crippen LogP contribution in [0, 0.1) is 11.3 Å². The molecular weight excluding hydrogens is 360 g/mol. The van der Waals surface area contributed by atoms with Crippen LogP contribution in [-0.2, 0) is 12.2 Å². The highest BCUT2D eigenvalue weighted by atomic mass is 16.3. The summed E-state index contributed by atoms with van der Waals surface area (Å²) in [6, 6.07) is 22.1. The molecule has 0 fully saturated rings. The maximum Gasteiger partial charge on any atom is 0.186 e. The lowest BCUT2D eigenvalue weighted by Crippen LogP contribution is -2.44. The molecule has 0 saturated heterocycles. The van der Waals surface area contributed by atoms with Crippen molar-refractivity contribution < 1.29 is 4.42 Å². The first-order chi connectivity index (χ1) is 14.2. The standard InChI is InChI=1S/C24H24N4O/c1-2-3-14-24(23-9-6-15-29-23)26-18-28(27-24)17-19-10-12-20(13-11-19)22-8-5-4-7-21(22)16-25/h4-13,15,18,27H,2-3,14,17H2,1H3. The van der Waals surface area contributed by atoms with E-state index in [0.29, 0.717) is 12.1 Å². The van der Waals surface area contributed by atoms with E-state index >= 15 is 0 Å². The molecule has 29 heavy (non-hydrogen) atoms. The van der Waals surface area contributed by atoms with Crippen LogP contribution in [0.3, 0.4) is 0 Å². The molecule has 1 aliphatic rings. The van der Waals surface area contributed by atoms with E-state index in [1.165, 1.54) is 0 Å². The van der Waals surface area contributed by atoms with Gasteiger partial charge in [-0.05, 0) is 47.7 Å². The molecule has 146 valence electrons. The summed E-state index contributed by atoms with van der Waals surface area (Å²) in [4.78, 5) is 4.77. The number of nitriles is 1. The van der Waals surface area contributed by atoms with Crippen LogP contribution in [0.25, 0.3) is 11.1 Å². The molecule has 0 amide bonds. The molecule has 5 nitrogen and oxygen atoms in total. The summed E-state index contributed by atoms with van der Waals surface area (Å²) in [5, 5.41) is 11.3. The molecule has 1 aliphatic heterocycles. The summed E-state index contributed by atoms with van der Waals surface area (Å²) in [6.07, 6.45) is 6.60. The van der Waals surface area contributed by atoms with Crippen LogP contribution >= 0.6 is 0 Å². The minimum Gasteiger partial charge on any atom is -0.465 e. The molecule has 2 aromatic carbocycles. The van der Waals surface area contributed by atoms with E-state index < -0.39 is 5.66 Å². The Morgan fingerprint density at radius 2 is 1.93 bits per heavy atom. The van der Waals surface area contributed by atoms with Crippen LogP contribution in [-0.4, -0.2) is 11.3 Å². The fraction of sp³-hybridized carbons (Fsp3) is 0.250. The predicted octanol–water partition coefficient (Wildman–Crippen LogP) is 5.21. The second-order valence-corrected chi connectivity index (χ2v) is 7.28. The van der Waals surface area contributed by atoms with Gasteiger partial charge in [0, 0.05) is 0 Å². The average molecular weight is 384 g/mol. The van der Waals surface area contributed by atoms with E-state index in [2.05, 4.69) is 42.7 Å². The predicted molar refractivity (Wildman–Crippen MR) is 114 cm³/mol. The molecule has 5 heteroatoms. The third kappa shape index (κ3) is 3.94. The van der Waals surface area contributed by atoms with Crippen LogP contribution < -0.4 is 5.43 Å². The number of hydrazine groups is 1. The lowest BCUT2D eigenvalue weighted by atomic mass is 9.99. The molecule has 1 unspecified atom stereocenters. The normalized spacial score (nSPS) is 18.1. The largest absolute Gasteiger partial charge is 0.465 e. The van der Waals surface area contributed by atoms with Crippen molar-refractivity contribution in [3.8, 4) is 17.2 Å². The second-order valence-electron chi connectivity index (χ2n) is 7.28. The summed E-state index contributed by atoms with van der Waals surface area (Å²) in [5.41, 5.74) is 6.85. The first kappa shape index (κ1) is 19.0. The number of unbranched alkanes of at least 4 members (excludes halogenated alkanes) is 1. The topological polar surface area (TPSA) is 64.6 Å². The van der Waals surface area contributed by atoms with Gasteiger partial charge in [-0.1, -0.05) is 55.8 Å². The minimum atomic E-state index is -0.523. The number of benzene rings is 2. The van der Waals surface area contributed by atoms with Crippen molar-refractivity contribution in [3.05, 3.63) is 83.8 Å². The number of hydrogen-bond acceptors (Lipinski definition) is 5. The highest BCUT2D eigenvalue weighted by molar-refractivity contribution is 5.70. The van der Waals surface area contributed by atoms with E-state index in [9.17, 15) is 5.26 Å². The van der Waals surface area contributed by atoms with Crippen LogP contribution in [0.2, 0.25) is 0 Å². The molecule has 0 bridgehead atoms. The molecule has 0 spiro atoms. The number of furan rings is 1. The van der Waals surface area contributed by atoms with Crippen LogP contribution in [0.1, 0.15) is 43.1 Å². The molecule has 2 heterocycles. The molecule has 4 rings (SSSR count). The Balaban J connectivity index is 1.48. The van der Waals surface area contributed by atoms with Gasteiger partial charge in [-0.25, -0.2) is 4.99 Å². The quantitative estimate of drug-likeness (QED) is 0.607. The fourth-order valence-corrected chi connectivity index (χ4v) is 3.67. The maximum absolute atomic E-state index is 9.33. The van der Waals surface area contributed by atoms with E-state index in [1.807, 2.05) is 47.7 Å². The molecule has 0 aliphatic carbocycles. The summed E-state index contributed by atoms with van der Waals surface area (Å²) in [7, 11) is 0. The van der Waals surface area contributed by atoms with E-state index in [4.69, 9.17) is 9.41 Å². The van der Waals surface area contributed by atoms with Crippen molar-refractivity contribution in [2.75, 3.05) is 0 Å². The lowest BCUT2D eigenvalue weighted by Gasteiger charge is -2.27. The SMILES string of the molecule is CCCCC1(c2ccco2)N=CN(Cc2ccc(-c3ccccc3C#N)cc2)N1. The molecule has 0 saturated carbocycles. The molecule has 3 aromatic rings. The first-order valence-electron chi connectivity index (χ1n) is 9.96. The Hall–Kier alpha value is -3.36. The average Bonchev–Trinajstić information content (AvgIpc) is 3.44. The second kappa shape index (κ2) is 8.34. The number of rotatable bonds is 7. The van der Waals surface area contributed by atoms with Gasteiger partial charge in [0.1, 0.15) is 12.1 Å². The molecule has 1 aromatic heterocycles. The Morgan fingerprint density at radius 1 is 1.10 bits per heavy atom. The molecular formula is C24H24N4O. The molecule has 0 radical (unpaired) electrons. The van der Waals surface area contributed by atoms with E-state index in [1.54, 1.807) is 6.26 Å². The third-order valence-corrected chi connectivity index (χ3v) is 5.23. The maximum atomic E-state index is 9.33. The Bertz CT molecular complexity index is 1020. The van der Waals surface area contributed by atoms with Crippen LogP contribution in [0.15, 0.2) is 76.3 Å². The lowest BCUT2D eigenvalue weighted by molar-refractivity contribution is 0.172. The number of hydrogen-bond donors (Lipinski definition) is 1. The zero-order chi connectivity index (χ0) is 20.1. The number of aliphatic imine (C=N–C) groups is 1. The number of nitrogens with one attached hydrogen (secondary N) is 1. The summed E-state index contributed by atoms with van der Waals surface area (Å²) < 4.78 is 5.67. The summed E-state index contributed by atoms with van der Waals surface area (Å²) in [5.74, 6) is 0.841. The smallest absolute Gasteiger partial charge is 0.186 e. The third-order valence-electron chi connectivity index (χ3n) is 5.23. The summed E-state index contributed by atoms with van der Waals surface area (Å²) in [6.45, 7) is 2.87. The van der Waals surface area contributed by atoms with Crippen molar-refractivity contribution in [2.45, 2.75) is 38.4 Å². The first-order valence-corrected chi connectivity index (χ1v) is 9.96. The van der Waals surface area contributed by atoms with Gasteiger partial charge in [0.15, 0.2) is 5.66 Å². The summed E-state index contributed by atoms with van der Waals surface area (Å²) >= 11 is 0. The van der Waals surface area contributed by atoms with Gasteiger partial charge in [-0.2, -0.15) is 10.7 Å². The van der Waals surface area contributed by atoms with E-state index in [-0.39, 0.29) is 0 Å². The Kier molecular flexibility index (Phi) is 5.46. The van der Waals surface area contributed by atoms with Gasteiger partial charge in [0.2, 0.25) is 0 Å². The van der Waals surface area contributed by atoms with E-state index in [0.717, 1.165) is 41.7 Å². The molecule has 1 atom stereocenters. The molecule has 1 N–H and O–H groups in total. The zero-order valence-electron chi connectivity index (χ0n) is 16.5. The Morgan fingerprint density at radius 3 is 2.66 bits per heavy atom. The highest BCUT2D eigenvalue weighted by Crippen LogP contribution is 2.32. The van der Waals surface area contributed by atoms with Crippen LogP contribution in [0.5, 0.6) is 0 Å². The van der Waals surface area contributed by atoms with Crippen molar-refractivity contribution in [2.24, 2.45) is 4.99 Å². The van der Waals surface area contributed by atoms with Gasteiger partial charge in [-0.15, -0.1) is 0 Å². The minimum absolute atomic E-state index is 0.523. The highest BCUT2D eigenvalue weighted by Gasteiger charge is 2.38. The number of nitrogens with zero attached hydrogens (tertiary/aromatic N) is 3. The van der Waals surface area contributed by atoms with Crippen molar-refractivity contribution >= 4 is 6.34 Å². The van der Waals surface area contributed by atoms with Gasteiger partial charge < -0.3 is 4.42 Å². The van der Waals surface area contributed by atoms with Crippen molar-refractivity contribution in [3.63, 3.8) is 0 Å². The van der Waals surface area contributed by atoms with Gasteiger partial charge >= 0.3 is 0 Å². The van der Waals surface area contributed by atoms with Gasteiger partial charge in [-0.3, -0.25) is 5.01 Å². The van der Waals surface area contributed by atoms with Crippen molar-refractivity contribution in [1.82, 2.24) is 10.4 Å². The van der Waals surface area contributed by atoms with Crippen molar-refractivity contribution in [1.29, 1.82) is 5.26 Å². The zero-order valence-corrected chi connectivity index (χ0v) is 16.5. The van der Waals surface area contributed by atoms with Crippen LogP contribution in [0.4, 0.5) is 0 Å².